The molecule has 0 saturated carbocycles. The minimum Gasteiger partial charge on any atom is -0.408 e. The van der Waals surface area contributed by atoms with E-state index in [4.69, 9.17) is 13.6 Å². The predicted octanol–water partition coefficient (Wildman–Crippen LogP) is 7.00. The SMILES string of the molecule is CC1=CCO[C@H](/C=C/[C@H](O[Si](C)(C)C(C)(C)C)[C@H](/C=C\CCO)O[Si](C)(C)C(C)(C)C)C1. The quantitative estimate of drug-likeness (QED) is 0.269. The molecule has 4 nitrogen and oxygen atoms in total. The highest BCUT2D eigenvalue weighted by Gasteiger charge is 2.43. The molecule has 32 heavy (non-hydrogen) atoms. The molecule has 1 aliphatic heterocycles. The van der Waals surface area contributed by atoms with Crippen molar-refractivity contribution in [1.29, 1.82) is 0 Å². The summed E-state index contributed by atoms with van der Waals surface area (Å²) in [6.45, 7) is 25.7. The van der Waals surface area contributed by atoms with Gasteiger partial charge in [-0.3, -0.25) is 0 Å². The van der Waals surface area contributed by atoms with Gasteiger partial charge in [0.05, 0.1) is 24.9 Å². The molecular weight excluding hydrogens is 432 g/mol. The molecule has 0 aromatic carbocycles. The average molecular weight is 483 g/mol. The van der Waals surface area contributed by atoms with Gasteiger partial charge in [-0.15, -0.1) is 0 Å². The first-order chi connectivity index (χ1) is 14.5. The molecule has 1 N–H and O–H groups in total. The fourth-order valence-corrected chi connectivity index (χ4v) is 5.39. The van der Waals surface area contributed by atoms with Crippen molar-refractivity contribution in [2.75, 3.05) is 13.2 Å². The molecule has 186 valence electrons. The lowest BCUT2D eigenvalue weighted by Crippen LogP contribution is -2.51. The summed E-state index contributed by atoms with van der Waals surface area (Å²) in [5.41, 5.74) is 1.37. The fraction of sp³-hybridized carbons (Fsp3) is 0.769. The van der Waals surface area contributed by atoms with Gasteiger partial charge in [-0.25, -0.2) is 0 Å². The molecule has 0 bridgehead atoms. The van der Waals surface area contributed by atoms with Crippen molar-refractivity contribution in [3.05, 3.63) is 36.0 Å². The average Bonchev–Trinajstić information content (AvgIpc) is 2.62. The summed E-state index contributed by atoms with van der Waals surface area (Å²) < 4.78 is 19.8. The molecule has 0 aliphatic carbocycles. The van der Waals surface area contributed by atoms with Crippen LogP contribution >= 0.6 is 0 Å². The lowest BCUT2D eigenvalue weighted by Gasteiger charge is -2.44. The van der Waals surface area contributed by atoms with E-state index in [2.05, 4.69) is 99.0 Å². The van der Waals surface area contributed by atoms with Crippen LogP contribution in [-0.4, -0.2) is 53.3 Å². The summed E-state index contributed by atoms with van der Waals surface area (Å²) in [6.07, 6.45) is 11.8. The van der Waals surface area contributed by atoms with E-state index in [9.17, 15) is 5.11 Å². The van der Waals surface area contributed by atoms with Crippen molar-refractivity contribution in [3.8, 4) is 0 Å². The highest BCUT2D eigenvalue weighted by Crippen LogP contribution is 2.41. The second-order valence-electron chi connectivity index (χ2n) is 12.1. The van der Waals surface area contributed by atoms with Crippen LogP contribution in [0.15, 0.2) is 36.0 Å². The molecule has 1 rings (SSSR count). The van der Waals surface area contributed by atoms with Gasteiger partial charge in [-0.05, 0) is 56.0 Å². The van der Waals surface area contributed by atoms with Crippen molar-refractivity contribution in [1.82, 2.24) is 0 Å². The highest BCUT2D eigenvalue weighted by atomic mass is 28.4. The topological polar surface area (TPSA) is 47.9 Å². The molecule has 1 aliphatic rings. The molecule has 1 heterocycles. The van der Waals surface area contributed by atoms with Gasteiger partial charge in [0.1, 0.15) is 0 Å². The summed E-state index contributed by atoms with van der Waals surface area (Å²) in [7, 11) is -4.10. The fourth-order valence-electron chi connectivity index (χ4n) is 2.90. The Balaban J connectivity index is 3.32. The van der Waals surface area contributed by atoms with Crippen LogP contribution in [0.4, 0.5) is 0 Å². The summed E-state index contributed by atoms with van der Waals surface area (Å²) >= 11 is 0. The lowest BCUT2D eigenvalue weighted by atomic mass is 10.1. The number of aliphatic hydroxyl groups is 1. The minimum absolute atomic E-state index is 0.0699. The Labute approximate surface area is 200 Å². The van der Waals surface area contributed by atoms with Gasteiger partial charge < -0.3 is 18.7 Å². The van der Waals surface area contributed by atoms with Crippen LogP contribution in [0, 0.1) is 0 Å². The smallest absolute Gasteiger partial charge is 0.193 e. The van der Waals surface area contributed by atoms with E-state index in [-0.39, 0.29) is 35.0 Å². The van der Waals surface area contributed by atoms with E-state index in [1.165, 1.54) is 5.57 Å². The van der Waals surface area contributed by atoms with Gasteiger partial charge in [-0.2, -0.15) is 0 Å². The standard InChI is InChI=1S/C26H50O4Si2/c1-21-17-19-28-22(20-21)15-16-24(30-32(10,11)26(5,6)7)23(14-12-13-18-27)29-31(8,9)25(2,3)4/h12,14-17,22-24,27H,13,18-20H2,1-11H3/b14-12-,16-15+/t22-,23+,24+/m1/s1. The molecule has 3 atom stereocenters. The molecule has 0 aromatic heterocycles. The number of ether oxygens (including phenoxy) is 1. The number of rotatable bonds is 10. The van der Waals surface area contributed by atoms with Gasteiger partial charge in [0.2, 0.25) is 0 Å². The predicted molar refractivity (Wildman–Crippen MR) is 142 cm³/mol. The van der Waals surface area contributed by atoms with Crippen LogP contribution in [0.2, 0.25) is 36.3 Å². The van der Waals surface area contributed by atoms with Gasteiger partial charge in [0.15, 0.2) is 16.6 Å². The van der Waals surface area contributed by atoms with Crippen LogP contribution in [0.25, 0.3) is 0 Å². The zero-order valence-corrected chi connectivity index (χ0v) is 24.6. The Morgan fingerprint density at radius 3 is 1.94 bits per heavy atom. The van der Waals surface area contributed by atoms with Gasteiger partial charge in [0, 0.05) is 6.61 Å². The third-order valence-electron chi connectivity index (χ3n) is 7.20. The molecule has 0 unspecified atom stereocenters. The van der Waals surface area contributed by atoms with E-state index in [0.717, 1.165) is 6.42 Å². The zero-order valence-electron chi connectivity index (χ0n) is 22.6. The van der Waals surface area contributed by atoms with Crippen molar-refractivity contribution in [3.63, 3.8) is 0 Å². The van der Waals surface area contributed by atoms with E-state index in [0.29, 0.717) is 13.0 Å². The molecule has 0 saturated heterocycles. The molecular formula is C26H50O4Si2. The second kappa shape index (κ2) is 11.8. The highest BCUT2D eigenvalue weighted by molar-refractivity contribution is 6.74. The first kappa shape index (κ1) is 29.5. The normalized spacial score (nSPS) is 21.2. The summed E-state index contributed by atoms with van der Waals surface area (Å²) in [5, 5.41) is 9.51. The molecule has 6 heteroatoms. The Bertz CT molecular complexity index is 666. The summed E-state index contributed by atoms with van der Waals surface area (Å²) in [5.74, 6) is 0. The molecule has 0 aromatic rings. The first-order valence-corrected chi connectivity index (χ1v) is 17.9. The molecule has 0 spiro atoms. The maximum atomic E-state index is 9.33. The number of hydrogen-bond acceptors (Lipinski definition) is 4. The first-order valence-electron chi connectivity index (χ1n) is 12.1. The number of aliphatic hydroxyl groups excluding tert-OH is 1. The van der Waals surface area contributed by atoms with Crippen LogP contribution in [0.3, 0.4) is 0 Å². The Morgan fingerprint density at radius 2 is 1.50 bits per heavy atom. The monoisotopic (exact) mass is 482 g/mol. The maximum Gasteiger partial charge on any atom is 0.193 e. The largest absolute Gasteiger partial charge is 0.408 e. The second-order valence-corrected chi connectivity index (χ2v) is 21.6. The minimum atomic E-state index is -2.05. The van der Waals surface area contributed by atoms with E-state index < -0.39 is 16.6 Å². The van der Waals surface area contributed by atoms with Gasteiger partial charge in [-0.1, -0.05) is 77.5 Å². The van der Waals surface area contributed by atoms with Crippen molar-refractivity contribution >= 4 is 16.6 Å². The lowest BCUT2D eigenvalue weighted by molar-refractivity contribution is 0.0851. The molecule has 0 radical (unpaired) electrons. The third-order valence-corrected chi connectivity index (χ3v) is 16.1. The summed E-state index contributed by atoms with van der Waals surface area (Å²) in [6, 6.07) is 0. The molecule has 0 fully saturated rings. The van der Waals surface area contributed by atoms with E-state index in [1.54, 1.807) is 0 Å². The summed E-state index contributed by atoms with van der Waals surface area (Å²) in [4.78, 5) is 0. The molecule has 0 amide bonds. The zero-order chi connectivity index (χ0) is 24.8. The van der Waals surface area contributed by atoms with Gasteiger partial charge in [0.25, 0.3) is 0 Å². The Morgan fingerprint density at radius 1 is 1.00 bits per heavy atom. The van der Waals surface area contributed by atoms with Crippen molar-refractivity contribution in [2.24, 2.45) is 0 Å². The van der Waals surface area contributed by atoms with Crippen LogP contribution in [0.1, 0.15) is 61.3 Å². The van der Waals surface area contributed by atoms with E-state index in [1.807, 2.05) is 6.08 Å². The number of hydrogen-bond donors (Lipinski definition) is 1. The van der Waals surface area contributed by atoms with Gasteiger partial charge >= 0.3 is 0 Å². The van der Waals surface area contributed by atoms with Crippen molar-refractivity contribution in [2.45, 2.75) is 116 Å². The Hall–Kier alpha value is -0.506. The Kier molecular flexibility index (Phi) is 10.9. The van der Waals surface area contributed by atoms with Crippen molar-refractivity contribution < 1.29 is 18.7 Å². The maximum absolute atomic E-state index is 9.33. The third kappa shape index (κ3) is 9.03. The van der Waals surface area contributed by atoms with E-state index >= 15 is 0 Å². The van der Waals surface area contributed by atoms with Crippen LogP contribution < -0.4 is 0 Å². The van der Waals surface area contributed by atoms with Crippen LogP contribution in [0.5, 0.6) is 0 Å². The van der Waals surface area contributed by atoms with Crippen LogP contribution in [-0.2, 0) is 13.6 Å².